The van der Waals surface area contributed by atoms with Gasteiger partial charge in [-0.05, 0) is 38.2 Å². The summed E-state index contributed by atoms with van der Waals surface area (Å²) in [5.41, 5.74) is 1.17. The molecular formula is C18H28IN3O. The van der Waals surface area contributed by atoms with Gasteiger partial charge in [0.05, 0.1) is 6.61 Å². The lowest BCUT2D eigenvalue weighted by atomic mass is 10.2. The van der Waals surface area contributed by atoms with E-state index in [-0.39, 0.29) is 24.0 Å². The van der Waals surface area contributed by atoms with E-state index in [9.17, 15) is 0 Å². The molecular weight excluding hydrogens is 401 g/mol. The van der Waals surface area contributed by atoms with Crippen molar-refractivity contribution in [2.45, 2.75) is 32.7 Å². The first-order chi connectivity index (χ1) is 10.8. The van der Waals surface area contributed by atoms with E-state index >= 15 is 0 Å². The molecule has 1 aromatic carbocycles. The van der Waals surface area contributed by atoms with Gasteiger partial charge in [-0.2, -0.15) is 0 Å². The number of hydrogen-bond acceptors (Lipinski definition) is 2. The zero-order valence-corrected chi connectivity index (χ0v) is 16.4. The number of rotatable bonds is 8. The molecule has 0 amide bonds. The second kappa shape index (κ2) is 11.3. The highest BCUT2D eigenvalue weighted by molar-refractivity contribution is 14.0. The Morgan fingerprint density at radius 2 is 2.09 bits per heavy atom. The summed E-state index contributed by atoms with van der Waals surface area (Å²) in [7, 11) is 1.79. The third kappa shape index (κ3) is 7.72. The van der Waals surface area contributed by atoms with E-state index in [1.807, 2.05) is 25.1 Å². The number of allylic oxidation sites excluding steroid dienone is 1. The molecule has 4 nitrogen and oxygen atoms in total. The molecule has 2 N–H and O–H groups in total. The lowest BCUT2D eigenvalue weighted by Crippen LogP contribution is -2.37. The number of benzene rings is 1. The van der Waals surface area contributed by atoms with Crippen LogP contribution in [-0.2, 0) is 6.54 Å². The lowest BCUT2D eigenvalue weighted by Gasteiger charge is -2.14. The highest BCUT2D eigenvalue weighted by Crippen LogP contribution is 2.30. The van der Waals surface area contributed by atoms with Crippen molar-refractivity contribution < 1.29 is 4.74 Å². The van der Waals surface area contributed by atoms with Gasteiger partial charge in [0, 0.05) is 25.7 Å². The fourth-order valence-corrected chi connectivity index (χ4v) is 2.12. The lowest BCUT2D eigenvalue weighted by molar-refractivity contribution is 0.296. The molecule has 2 rings (SSSR count). The Morgan fingerprint density at radius 1 is 1.30 bits per heavy atom. The van der Waals surface area contributed by atoms with Gasteiger partial charge in [0.25, 0.3) is 0 Å². The van der Waals surface area contributed by atoms with Crippen molar-refractivity contribution in [2.24, 2.45) is 10.9 Å². The second-order valence-corrected chi connectivity index (χ2v) is 5.57. The minimum Gasteiger partial charge on any atom is -0.493 e. The standard InChI is InChI=1S/C18H27N3O.HI/c1-3-4-7-12-20-18(19-2)21-13-16-8-5-6-9-17(16)22-14-15-10-11-15;/h3-6,8-9,15H,7,10-14H2,1-2H3,(H2,19,20,21);1H/b4-3+;. The van der Waals surface area contributed by atoms with Gasteiger partial charge in [-0.15, -0.1) is 24.0 Å². The Hall–Kier alpha value is -1.24. The van der Waals surface area contributed by atoms with Crippen molar-refractivity contribution in [1.82, 2.24) is 10.6 Å². The number of hydrogen-bond donors (Lipinski definition) is 2. The quantitative estimate of drug-likeness (QED) is 0.218. The molecule has 0 saturated heterocycles. The molecule has 0 aliphatic heterocycles. The zero-order valence-electron chi connectivity index (χ0n) is 14.0. The molecule has 0 spiro atoms. The van der Waals surface area contributed by atoms with Gasteiger partial charge in [-0.25, -0.2) is 0 Å². The van der Waals surface area contributed by atoms with Gasteiger partial charge < -0.3 is 15.4 Å². The minimum absolute atomic E-state index is 0. The molecule has 23 heavy (non-hydrogen) atoms. The predicted molar refractivity (Wildman–Crippen MR) is 108 cm³/mol. The van der Waals surface area contributed by atoms with E-state index in [4.69, 9.17) is 4.74 Å². The van der Waals surface area contributed by atoms with Crippen molar-refractivity contribution >= 4 is 29.9 Å². The molecule has 1 aromatic rings. The highest BCUT2D eigenvalue weighted by Gasteiger charge is 2.22. The SMILES string of the molecule is C/C=C/CCNC(=NC)NCc1ccccc1OCC1CC1.I. The smallest absolute Gasteiger partial charge is 0.191 e. The van der Waals surface area contributed by atoms with Crippen molar-refractivity contribution in [3.8, 4) is 5.75 Å². The summed E-state index contributed by atoms with van der Waals surface area (Å²) >= 11 is 0. The Kier molecular flexibility index (Phi) is 9.75. The Morgan fingerprint density at radius 3 is 2.78 bits per heavy atom. The number of ether oxygens (including phenoxy) is 1. The maximum Gasteiger partial charge on any atom is 0.191 e. The first-order valence-corrected chi connectivity index (χ1v) is 8.10. The average molecular weight is 429 g/mol. The van der Waals surface area contributed by atoms with Crippen LogP contribution in [0.4, 0.5) is 0 Å². The molecule has 0 radical (unpaired) electrons. The topological polar surface area (TPSA) is 45.7 Å². The van der Waals surface area contributed by atoms with Crippen LogP contribution in [-0.4, -0.2) is 26.2 Å². The number of aliphatic imine (C=N–C) groups is 1. The molecule has 5 heteroatoms. The van der Waals surface area contributed by atoms with Crippen molar-refractivity contribution in [3.05, 3.63) is 42.0 Å². The van der Waals surface area contributed by atoms with E-state index in [0.717, 1.165) is 37.2 Å². The van der Waals surface area contributed by atoms with Crippen LogP contribution in [0, 0.1) is 5.92 Å². The summed E-state index contributed by atoms with van der Waals surface area (Å²) in [6, 6.07) is 8.21. The zero-order chi connectivity index (χ0) is 15.6. The highest BCUT2D eigenvalue weighted by atomic mass is 127. The summed E-state index contributed by atoms with van der Waals surface area (Å²) in [6.07, 6.45) is 7.82. The van der Waals surface area contributed by atoms with E-state index in [1.54, 1.807) is 7.05 Å². The fourth-order valence-electron chi connectivity index (χ4n) is 2.12. The molecule has 0 unspecified atom stereocenters. The van der Waals surface area contributed by atoms with Gasteiger partial charge in [0.15, 0.2) is 5.96 Å². The van der Waals surface area contributed by atoms with Gasteiger partial charge in [0.2, 0.25) is 0 Å². The molecule has 1 aliphatic rings. The summed E-state index contributed by atoms with van der Waals surface area (Å²) in [5.74, 6) is 2.56. The molecule has 128 valence electrons. The number of para-hydroxylation sites is 1. The first kappa shape index (κ1) is 19.8. The van der Waals surface area contributed by atoms with Crippen LogP contribution in [0.25, 0.3) is 0 Å². The second-order valence-electron chi connectivity index (χ2n) is 5.57. The number of guanidine groups is 1. The molecule has 0 heterocycles. The summed E-state index contributed by atoms with van der Waals surface area (Å²) in [6.45, 7) is 4.47. The van der Waals surface area contributed by atoms with Crippen molar-refractivity contribution in [1.29, 1.82) is 0 Å². The Labute approximate surface area is 156 Å². The molecule has 1 saturated carbocycles. The maximum atomic E-state index is 5.93. The molecule has 1 fully saturated rings. The number of nitrogens with zero attached hydrogens (tertiary/aromatic N) is 1. The van der Waals surface area contributed by atoms with Crippen LogP contribution in [0.15, 0.2) is 41.4 Å². The number of nitrogens with one attached hydrogen (secondary N) is 2. The summed E-state index contributed by atoms with van der Waals surface area (Å²) in [4.78, 5) is 4.24. The monoisotopic (exact) mass is 429 g/mol. The molecule has 0 aromatic heterocycles. The normalized spacial score (nSPS) is 14.4. The minimum atomic E-state index is 0. The van der Waals surface area contributed by atoms with Crippen LogP contribution in [0.5, 0.6) is 5.75 Å². The van der Waals surface area contributed by atoms with Gasteiger partial charge in [-0.3, -0.25) is 4.99 Å². The van der Waals surface area contributed by atoms with Gasteiger partial charge in [-0.1, -0.05) is 30.4 Å². The largest absolute Gasteiger partial charge is 0.493 e. The molecule has 1 aliphatic carbocycles. The van der Waals surface area contributed by atoms with Crippen LogP contribution in [0.1, 0.15) is 31.7 Å². The van der Waals surface area contributed by atoms with Crippen LogP contribution in [0.3, 0.4) is 0 Å². The summed E-state index contributed by atoms with van der Waals surface area (Å²) < 4.78 is 5.93. The van der Waals surface area contributed by atoms with Crippen LogP contribution in [0.2, 0.25) is 0 Å². The van der Waals surface area contributed by atoms with Gasteiger partial charge >= 0.3 is 0 Å². The van der Waals surface area contributed by atoms with E-state index in [0.29, 0.717) is 6.54 Å². The van der Waals surface area contributed by atoms with Crippen LogP contribution < -0.4 is 15.4 Å². The predicted octanol–water partition coefficient (Wildman–Crippen LogP) is 3.72. The summed E-state index contributed by atoms with van der Waals surface area (Å²) in [5, 5.41) is 6.64. The number of halogens is 1. The fraction of sp³-hybridized carbons (Fsp3) is 0.500. The third-order valence-corrected chi connectivity index (χ3v) is 3.65. The van der Waals surface area contributed by atoms with E-state index in [1.165, 1.54) is 18.4 Å². The Balaban J connectivity index is 0.00000264. The average Bonchev–Trinajstić information content (AvgIpc) is 3.37. The van der Waals surface area contributed by atoms with E-state index < -0.39 is 0 Å². The van der Waals surface area contributed by atoms with Crippen molar-refractivity contribution in [3.63, 3.8) is 0 Å². The maximum absolute atomic E-state index is 5.93. The van der Waals surface area contributed by atoms with Gasteiger partial charge in [0.1, 0.15) is 5.75 Å². The van der Waals surface area contributed by atoms with Crippen molar-refractivity contribution in [2.75, 3.05) is 20.2 Å². The Bertz CT molecular complexity index is 513. The first-order valence-electron chi connectivity index (χ1n) is 8.10. The molecule has 0 bridgehead atoms. The molecule has 0 atom stereocenters. The van der Waals surface area contributed by atoms with E-state index in [2.05, 4.69) is 33.8 Å². The van der Waals surface area contributed by atoms with Crippen LogP contribution >= 0.6 is 24.0 Å². The third-order valence-electron chi connectivity index (χ3n) is 3.65.